The van der Waals surface area contributed by atoms with Crippen LogP contribution in [0.3, 0.4) is 0 Å². The second-order valence-electron chi connectivity index (χ2n) is 11.1. The Bertz CT molecular complexity index is 1430. The number of imidazole rings is 1. The Morgan fingerprint density at radius 2 is 1.90 bits per heavy atom. The van der Waals surface area contributed by atoms with Gasteiger partial charge in [0.1, 0.15) is 29.6 Å². The first-order chi connectivity index (χ1) is 19.7. The number of fused-ring (bicyclic) bond motifs is 1. The first-order valence-electron chi connectivity index (χ1n) is 14.3. The molecular formula is C29H33F4N7O. The molecule has 2 saturated heterocycles. The van der Waals surface area contributed by atoms with E-state index in [1.165, 1.54) is 12.4 Å². The fraction of sp³-hybridized carbons (Fsp3) is 0.517. The third kappa shape index (κ3) is 5.41. The summed E-state index contributed by atoms with van der Waals surface area (Å²) in [5, 5.41) is 6.41. The molecule has 1 amide bonds. The average molecular weight is 572 g/mol. The van der Waals surface area contributed by atoms with E-state index in [0.29, 0.717) is 37.6 Å². The molecule has 0 spiro atoms. The molecule has 1 unspecified atom stereocenters. The minimum Gasteiger partial charge on any atom is -0.356 e. The number of nitrogens with one attached hydrogen (secondary N) is 2. The number of rotatable bonds is 6. The molecule has 0 aliphatic carbocycles. The standard InChI is InChI=1S/C29H33F4N7O/c1-2-20-24-25(38-28(20)41)35-16-36-27(24)39-11-8-17(9-12-39)26-37-23(15-40(26)14-19-5-3-4-10-34-19)18-6-7-22(30)21(13-18)29(31,32)33/h6-7,13,15-17,19-20,34H,2-5,8-12,14H2,1H3,(H,35,36,38,41)/t19-,20?/m0/s1. The van der Waals surface area contributed by atoms with Crippen molar-refractivity contribution >= 4 is 17.5 Å². The summed E-state index contributed by atoms with van der Waals surface area (Å²) in [4.78, 5) is 28.3. The fourth-order valence-electron chi connectivity index (χ4n) is 6.39. The molecule has 2 atom stereocenters. The van der Waals surface area contributed by atoms with Crippen molar-refractivity contribution in [3.05, 3.63) is 53.5 Å². The number of alkyl halides is 3. The number of anilines is 2. The van der Waals surface area contributed by atoms with Gasteiger partial charge in [-0.05, 0) is 56.8 Å². The molecule has 6 rings (SSSR count). The summed E-state index contributed by atoms with van der Waals surface area (Å²) in [5.41, 5.74) is 0.214. The van der Waals surface area contributed by atoms with E-state index in [1.54, 1.807) is 0 Å². The highest BCUT2D eigenvalue weighted by atomic mass is 19.4. The highest BCUT2D eigenvalue weighted by Crippen LogP contribution is 2.41. The highest BCUT2D eigenvalue weighted by molar-refractivity contribution is 6.03. The van der Waals surface area contributed by atoms with Crippen LogP contribution >= 0.6 is 0 Å². The van der Waals surface area contributed by atoms with Gasteiger partial charge in [-0.1, -0.05) is 13.3 Å². The van der Waals surface area contributed by atoms with Crippen molar-refractivity contribution in [3.8, 4) is 11.3 Å². The SMILES string of the molecule is CCC1C(=O)Nc2ncnc(N3CCC(c4nc(-c5ccc(F)c(C(F)(F)F)c5)cn4C[C@@H]4CCCCN4)CC3)c21. The Hall–Kier alpha value is -3.54. The zero-order valence-corrected chi connectivity index (χ0v) is 22.8. The van der Waals surface area contributed by atoms with Crippen molar-refractivity contribution in [1.82, 2.24) is 24.8 Å². The summed E-state index contributed by atoms with van der Waals surface area (Å²) in [7, 11) is 0. The molecule has 218 valence electrons. The molecule has 41 heavy (non-hydrogen) atoms. The number of carbonyl (C=O) groups is 1. The molecule has 5 heterocycles. The second-order valence-corrected chi connectivity index (χ2v) is 11.1. The summed E-state index contributed by atoms with van der Waals surface area (Å²) < 4.78 is 56.4. The van der Waals surface area contributed by atoms with E-state index in [2.05, 4.69) is 30.1 Å². The number of piperidine rings is 2. The summed E-state index contributed by atoms with van der Waals surface area (Å²) in [6, 6.07) is 3.32. The second kappa shape index (κ2) is 11.0. The average Bonchev–Trinajstić information content (AvgIpc) is 3.53. The van der Waals surface area contributed by atoms with E-state index in [-0.39, 0.29) is 29.3 Å². The molecule has 2 N–H and O–H groups in total. The minimum atomic E-state index is -4.79. The Morgan fingerprint density at radius 1 is 1.10 bits per heavy atom. The van der Waals surface area contributed by atoms with Crippen LogP contribution in [0, 0.1) is 5.82 Å². The summed E-state index contributed by atoms with van der Waals surface area (Å²) in [6.45, 7) is 4.96. The van der Waals surface area contributed by atoms with Gasteiger partial charge in [0.25, 0.3) is 0 Å². The van der Waals surface area contributed by atoms with E-state index in [1.807, 2.05) is 13.1 Å². The fourth-order valence-corrected chi connectivity index (χ4v) is 6.39. The van der Waals surface area contributed by atoms with Crippen molar-refractivity contribution in [1.29, 1.82) is 0 Å². The predicted octanol–water partition coefficient (Wildman–Crippen LogP) is 5.47. The number of hydrogen-bond donors (Lipinski definition) is 2. The normalized spacial score (nSPS) is 21.7. The van der Waals surface area contributed by atoms with Gasteiger partial charge in [0.2, 0.25) is 5.91 Å². The van der Waals surface area contributed by atoms with Gasteiger partial charge in [0, 0.05) is 48.9 Å². The van der Waals surface area contributed by atoms with Gasteiger partial charge in [-0.2, -0.15) is 13.2 Å². The number of hydrogen-bond acceptors (Lipinski definition) is 6. The maximum absolute atomic E-state index is 14.0. The molecule has 0 bridgehead atoms. The lowest BCUT2D eigenvalue weighted by Gasteiger charge is -2.34. The van der Waals surface area contributed by atoms with Gasteiger partial charge >= 0.3 is 6.18 Å². The molecule has 0 radical (unpaired) electrons. The Morgan fingerprint density at radius 3 is 2.61 bits per heavy atom. The first-order valence-corrected chi connectivity index (χ1v) is 14.3. The van der Waals surface area contributed by atoms with Crippen LogP contribution in [0.15, 0.2) is 30.7 Å². The number of aromatic nitrogens is 4. The van der Waals surface area contributed by atoms with Crippen LogP contribution in [0.2, 0.25) is 0 Å². The number of halogens is 4. The largest absolute Gasteiger partial charge is 0.419 e. The van der Waals surface area contributed by atoms with E-state index in [4.69, 9.17) is 4.98 Å². The third-order valence-electron chi connectivity index (χ3n) is 8.54. The van der Waals surface area contributed by atoms with Gasteiger partial charge in [-0.3, -0.25) is 4.79 Å². The molecule has 0 saturated carbocycles. The maximum atomic E-state index is 14.0. The molecule has 1 aromatic carbocycles. The summed E-state index contributed by atoms with van der Waals surface area (Å²) in [5.74, 6) is 0.647. The number of carbonyl (C=O) groups excluding carboxylic acids is 1. The van der Waals surface area contributed by atoms with Crippen molar-refractivity contribution < 1.29 is 22.4 Å². The Labute approximate surface area is 235 Å². The lowest BCUT2D eigenvalue weighted by atomic mass is 9.94. The van der Waals surface area contributed by atoms with E-state index < -0.39 is 17.6 Å². The molecule has 3 aliphatic heterocycles. The van der Waals surface area contributed by atoms with Gasteiger partial charge in [0.15, 0.2) is 0 Å². The molecule has 3 aliphatic rings. The topological polar surface area (TPSA) is 88.0 Å². The van der Waals surface area contributed by atoms with Gasteiger partial charge in [-0.15, -0.1) is 0 Å². The van der Waals surface area contributed by atoms with E-state index in [9.17, 15) is 22.4 Å². The minimum absolute atomic E-state index is 0.0560. The van der Waals surface area contributed by atoms with Crippen molar-refractivity contribution in [2.75, 3.05) is 29.9 Å². The quantitative estimate of drug-likeness (QED) is 0.382. The zero-order valence-electron chi connectivity index (χ0n) is 22.8. The lowest BCUT2D eigenvalue weighted by molar-refractivity contribution is -0.140. The summed E-state index contributed by atoms with van der Waals surface area (Å²) >= 11 is 0. The lowest BCUT2D eigenvalue weighted by Crippen LogP contribution is -2.38. The molecule has 2 aromatic heterocycles. The van der Waals surface area contributed by atoms with Crippen LogP contribution in [0.1, 0.15) is 74.2 Å². The Kier molecular flexibility index (Phi) is 7.43. The highest BCUT2D eigenvalue weighted by Gasteiger charge is 2.37. The molecule has 12 heteroatoms. The third-order valence-corrected chi connectivity index (χ3v) is 8.54. The molecule has 3 aromatic rings. The molecule has 2 fully saturated rings. The number of amides is 1. The van der Waals surface area contributed by atoms with Gasteiger partial charge in [-0.25, -0.2) is 19.3 Å². The molecule has 8 nitrogen and oxygen atoms in total. The zero-order chi connectivity index (χ0) is 28.7. The summed E-state index contributed by atoms with van der Waals surface area (Å²) in [6.07, 6.45) is 3.96. The van der Waals surface area contributed by atoms with Crippen LogP contribution < -0.4 is 15.5 Å². The van der Waals surface area contributed by atoms with E-state index in [0.717, 1.165) is 68.0 Å². The van der Waals surface area contributed by atoms with Crippen molar-refractivity contribution in [2.24, 2.45) is 0 Å². The van der Waals surface area contributed by atoms with Crippen LogP contribution in [0.4, 0.5) is 29.2 Å². The maximum Gasteiger partial charge on any atom is 0.419 e. The van der Waals surface area contributed by atoms with Crippen molar-refractivity contribution in [3.63, 3.8) is 0 Å². The van der Waals surface area contributed by atoms with Gasteiger partial charge < -0.3 is 20.1 Å². The monoisotopic (exact) mass is 571 g/mol. The van der Waals surface area contributed by atoms with Crippen LogP contribution in [-0.4, -0.2) is 51.1 Å². The Balaban J connectivity index is 1.27. The predicted molar refractivity (Wildman–Crippen MR) is 146 cm³/mol. The number of benzene rings is 1. The van der Waals surface area contributed by atoms with Crippen LogP contribution in [0.25, 0.3) is 11.3 Å². The van der Waals surface area contributed by atoms with Gasteiger partial charge in [0.05, 0.1) is 17.2 Å². The van der Waals surface area contributed by atoms with Crippen molar-refractivity contribution in [2.45, 2.75) is 76.0 Å². The first kappa shape index (κ1) is 27.6. The smallest absolute Gasteiger partial charge is 0.356 e. The van der Waals surface area contributed by atoms with Crippen LogP contribution in [-0.2, 0) is 17.5 Å². The van der Waals surface area contributed by atoms with Crippen LogP contribution in [0.5, 0.6) is 0 Å². The number of nitrogens with zero attached hydrogens (tertiary/aromatic N) is 5. The van der Waals surface area contributed by atoms with E-state index >= 15 is 0 Å². The molecular weight excluding hydrogens is 538 g/mol.